The molecule has 0 aliphatic rings. The molecule has 0 radical (unpaired) electrons. The molecular weight excluding hydrogens is 436 g/mol. The average Bonchev–Trinajstić information content (AvgIpc) is 3.10. The van der Waals surface area contributed by atoms with Gasteiger partial charge in [0.15, 0.2) is 10.9 Å². The molecule has 4 aromatic rings. The Morgan fingerprint density at radius 3 is 2.50 bits per heavy atom. The van der Waals surface area contributed by atoms with Gasteiger partial charge in [0.2, 0.25) is 0 Å². The van der Waals surface area contributed by atoms with E-state index in [1.165, 1.54) is 22.2 Å². The summed E-state index contributed by atoms with van der Waals surface area (Å²) in [7, 11) is 0. The van der Waals surface area contributed by atoms with Gasteiger partial charge in [0.1, 0.15) is 4.83 Å². The molecule has 6 heteroatoms. The number of aryl methyl sites for hydroxylation is 4. The maximum Gasteiger partial charge on any atom is 0.267 e. The van der Waals surface area contributed by atoms with Crippen molar-refractivity contribution in [3.05, 3.63) is 86.0 Å². The second kappa shape index (κ2) is 9.43. The molecule has 0 saturated carbocycles. The van der Waals surface area contributed by atoms with E-state index in [0.717, 1.165) is 34.5 Å². The fraction of sp³-hybridized carbons (Fsp3) is 0.269. The number of thiophene rings is 1. The van der Waals surface area contributed by atoms with Gasteiger partial charge in [-0.2, -0.15) is 0 Å². The third kappa shape index (κ3) is 4.30. The average molecular weight is 463 g/mol. The van der Waals surface area contributed by atoms with Crippen LogP contribution in [0.5, 0.6) is 0 Å². The van der Waals surface area contributed by atoms with Crippen molar-refractivity contribution in [1.82, 2.24) is 9.55 Å². The lowest BCUT2D eigenvalue weighted by Crippen LogP contribution is -2.22. The van der Waals surface area contributed by atoms with Gasteiger partial charge in [-0.15, -0.1) is 11.3 Å². The van der Waals surface area contributed by atoms with E-state index >= 15 is 0 Å². The van der Waals surface area contributed by atoms with E-state index < -0.39 is 0 Å². The molecule has 4 nitrogen and oxygen atoms in total. The molecule has 2 aromatic carbocycles. The first-order valence-corrected chi connectivity index (χ1v) is 12.5. The molecule has 2 aromatic heterocycles. The minimum absolute atomic E-state index is 0.0191. The van der Waals surface area contributed by atoms with Crippen LogP contribution in [0.4, 0.5) is 0 Å². The molecule has 0 aliphatic heterocycles. The summed E-state index contributed by atoms with van der Waals surface area (Å²) in [6, 6.07) is 15.2. The Balaban J connectivity index is 1.84. The molecule has 32 heavy (non-hydrogen) atoms. The second-order valence-corrected chi connectivity index (χ2v) is 9.99. The Hall–Kier alpha value is -2.70. The van der Waals surface area contributed by atoms with Crippen molar-refractivity contribution in [2.45, 2.75) is 45.7 Å². The lowest BCUT2D eigenvalue weighted by Gasteiger charge is -2.13. The van der Waals surface area contributed by atoms with E-state index in [1.54, 1.807) is 15.9 Å². The highest BCUT2D eigenvalue weighted by Crippen LogP contribution is 2.31. The molecule has 0 bridgehead atoms. The first-order valence-electron chi connectivity index (χ1n) is 10.7. The van der Waals surface area contributed by atoms with Crippen molar-refractivity contribution in [2.75, 3.05) is 5.75 Å². The fourth-order valence-electron chi connectivity index (χ4n) is 3.70. The van der Waals surface area contributed by atoms with Crippen molar-refractivity contribution in [3.63, 3.8) is 0 Å². The van der Waals surface area contributed by atoms with Gasteiger partial charge in [0, 0.05) is 10.4 Å². The summed E-state index contributed by atoms with van der Waals surface area (Å²) in [6.07, 6.45) is 1.96. The monoisotopic (exact) mass is 462 g/mol. The highest BCUT2D eigenvalue weighted by Gasteiger charge is 2.20. The number of carbonyl (C=O) groups is 1. The van der Waals surface area contributed by atoms with Crippen LogP contribution in [0.1, 0.15) is 45.3 Å². The van der Waals surface area contributed by atoms with E-state index in [4.69, 9.17) is 4.98 Å². The van der Waals surface area contributed by atoms with Crippen LogP contribution in [0.25, 0.3) is 15.9 Å². The van der Waals surface area contributed by atoms with E-state index in [-0.39, 0.29) is 17.1 Å². The molecule has 4 rings (SSSR count). The van der Waals surface area contributed by atoms with Crippen LogP contribution in [-0.4, -0.2) is 21.1 Å². The maximum atomic E-state index is 13.7. The number of thioether (sulfide) groups is 1. The summed E-state index contributed by atoms with van der Waals surface area (Å²) < 4.78 is 1.67. The third-order valence-corrected chi connectivity index (χ3v) is 7.87. The summed E-state index contributed by atoms with van der Waals surface area (Å²) in [5, 5.41) is 1.25. The van der Waals surface area contributed by atoms with Crippen LogP contribution in [0.2, 0.25) is 0 Å². The van der Waals surface area contributed by atoms with Gasteiger partial charge >= 0.3 is 0 Å². The summed E-state index contributed by atoms with van der Waals surface area (Å²) in [5.74, 6) is 0.240. The van der Waals surface area contributed by atoms with Crippen LogP contribution in [0.15, 0.2) is 58.5 Å². The highest BCUT2D eigenvalue weighted by atomic mass is 32.2. The minimum atomic E-state index is -0.0657. The molecule has 0 saturated heterocycles. The molecule has 0 fully saturated rings. The maximum absolute atomic E-state index is 13.7. The van der Waals surface area contributed by atoms with Gasteiger partial charge in [0.25, 0.3) is 5.56 Å². The second-order valence-electron chi connectivity index (χ2n) is 7.96. The predicted molar refractivity (Wildman–Crippen MR) is 135 cm³/mol. The summed E-state index contributed by atoms with van der Waals surface area (Å²) in [5.41, 5.74) is 4.69. The predicted octanol–water partition coefficient (Wildman–Crippen LogP) is 6.30. The summed E-state index contributed by atoms with van der Waals surface area (Å²) >= 11 is 2.92. The lowest BCUT2D eigenvalue weighted by molar-refractivity contribution is 0.102. The number of hydrogen-bond donors (Lipinski definition) is 0. The zero-order chi connectivity index (χ0) is 22.8. The van der Waals surface area contributed by atoms with Crippen LogP contribution >= 0.6 is 23.1 Å². The number of hydrogen-bond acceptors (Lipinski definition) is 5. The summed E-state index contributed by atoms with van der Waals surface area (Å²) in [6.45, 7) is 8.25. The third-order valence-electron chi connectivity index (χ3n) is 5.69. The number of aromatic nitrogens is 2. The Morgan fingerprint density at radius 2 is 1.81 bits per heavy atom. The van der Waals surface area contributed by atoms with Gasteiger partial charge in [-0.05, 0) is 56.0 Å². The van der Waals surface area contributed by atoms with Gasteiger partial charge < -0.3 is 0 Å². The van der Waals surface area contributed by atoms with Gasteiger partial charge in [-0.3, -0.25) is 14.2 Å². The number of ketones is 1. The van der Waals surface area contributed by atoms with E-state index in [1.807, 2.05) is 62.4 Å². The van der Waals surface area contributed by atoms with Gasteiger partial charge in [0.05, 0.1) is 16.8 Å². The molecule has 0 unspecified atom stereocenters. The van der Waals surface area contributed by atoms with Crippen LogP contribution < -0.4 is 5.56 Å². The van der Waals surface area contributed by atoms with Crippen LogP contribution in [0.3, 0.4) is 0 Å². The number of benzene rings is 2. The van der Waals surface area contributed by atoms with Gasteiger partial charge in [-0.1, -0.05) is 61.5 Å². The summed E-state index contributed by atoms with van der Waals surface area (Å²) in [4.78, 5) is 33.3. The molecule has 0 spiro atoms. The SMILES string of the molecule is CCCc1sc2nc(SCC(=O)c3ccccc3)n(-c3ccc(C)c(C)c3)c(=O)c2c1C. The first-order chi connectivity index (χ1) is 15.4. The van der Waals surface area contributed by atoms with E-state index in [9.17, 15) is 9.59 Å². The normalized spacial score (nSPS) is 11.2. The Kier molecular flexibility index (Phi) is 6.63. The van der Waals surface area contributed by atoms with Crippen molar-refractivity contribution in [3.8, 4) is 5.69 Å². The fourth-order valence-corrected chi connectivity index (χ4v) is 5.93. The molecular formula is C26H26N2O2S2. The lowest BCUT2D eigenvalue weighted by atomic mass is 10.1. The zero-order valence-corrected chi connectivity index (χ0v) is 20.4. The van der Waals surface area contributed by atoms with Gasteiger partial charge in [-0.25, -0.2) is 4.98 Å². The van der Waals surface area contributed by atoms with E-state index in [0.29, 0.717) is 16.1 Å². The smallest absolute Gasteiger partial charge is 0.267 e. The Labute approximate surface area is 196 Å². The van der Waals surface area contributed by atoms with E-state index in [2.05, 4.69) is 13.8 Å². The minimum Gasteiger partial charge on any atom is -0.293 e. The Bertz CT molecular complexity index is 1350. The topological polar surface area (TPSA) is 52.0 Å². The Morgan fingerprint density at radius 1 is 1.06 bits per heavy atom. The number of carbonyl (C=O) groups excluding carboxylic acids is 1. The molecule has 2 heterocycles. The van der Waals surface area contributed by atoms with Crippen LogP contribution in [-0.2, 0) is 6.42 Å². The largest absolute Gasteiger partial charge is 0.293 e. The number of nitrogens with zero attached hydrogens (tertiary/aromatic N) is 2. The number of fused-ring (bicyclic) bond motifs is 1. The molecule has 0 aliphatic carbocycles. The number of Topliss-reactive ketones (excluding diaryl/α,β-unsaturated/α-hetero) is 1. The molecule has 0 N–H and O–H groups in total. The van der Waals surface area contributed by atoms with Crippen molar-refractivity contribution in [2.24, 2.45) is 0 Å². The number of rotatable bonds is 7. The van der Waals surface area contributed by atoms with Crippen molar-refractivity contribution >= 4 is 39.1 Å². The highest BCUT2D eigenvalue weighted by molar-refractivity contribution is 7.99. The first kappa shape index (κ1) is 22.5. The molecule has 0 atom stereocenters. The standard InChI is InChI=1S/C26H26N2O2S2/c1-5-9-22-18(4)23-24(32-22)27-26(31-15-21(29)19-10-7-6-8-11-19)28(25(23)30)20-13-12-16(2)17(3)14-20/h6-8,10-14H,5,9,15H2,1-4H3. The van der Waals surface area contributed by atoms with Crippen molar-refractivity contribution in [1.29, 1.82) is 0 Å². The molecule has 0 amide bonds. The van der Waals surface area contributed by atoms with Crippen LogP contribution in [0, 0.1) is 20.8 Å². The molecule has 164 valence electrons. The quantitative estimate of drug-likeness (QED) is 0.184. The van der Waals surface area contributed by atoms with Crippen molar-refractivity contribution < 1.29 is 4.79 Å². The zero-order valence-electron chi connectivity index (χ0n) is 18.8.